The molecule has 0 saturated heterocycles. The number of aliphatic hydroxyl groups excluding tert-OH is 2. The predicted octanol–water partition coefficient (Wildman–Crippen LogP) is 1.07. The van der Waals surface area contributed by atoms with Crippen molar-refractivity contribution in [2.45, 2.75) is 32.1 Å². The molecule has 4 nitrogen and oxygen atoms in total. The smallest absolute Gasteiger partial charge is 0.0804 e. The van der Waals surface area contributed by atoms with E-state index in [2.05, 4.69) is 28.2 Å². The molecule has 0 spiro atoms. The van der Waals surface area contributed by atoms with Crippen LogP contribution in [0.2, 0.25) is 0 Å². The van der Waals surface area contributed by atoms with Crippen LogP contribution >= 0.6 is 0 Å². The summed E-state index contributed by atoms with van der Waals surface area (Å²) in [5.74, 6) is 0. The van der Waals surface area contributed by atoms with E-state index >= 15 is 0 Å². The average molecular weight is 276 g/mol. The third-order valence-electron chi connectivity index (χ3n) is 3.87. The summed E-state index contributed by atoms with van der Waals surface area (Å²) in [6.07, 6.45) is 5.61. The minimum atomic E-state index is 0.304. The zero-order valence-corrected chi connectivity index (χ0v) is 13.6. The van der Waals surface area contributed by atoms with Crippen LogP contribution in [0.25, 0.3) is 0 Å². The predicted molar refractivity (Wildman–Crippen MR) is 80.9 cm³/mol. The lowest BCUT2D eigenvalue weighted by Crippen LogP contribution is -2.42. The normalized spacial score (nSPS) is 12.9. The molecule has 0 rings (SSSR count). The lowest BCUT2D eigenvalue weighted by molar-refractivity contribution is -0.892. The maximum absolute atomic E-state index is 8.87. The van der Waals surface area contributed by atoms with E-state index in [1.165, 1.54) is 32.4 Å². The van der Waals surface area contributed by atoms with Crippen LogP contribution in [0, 0.1) is 0 Å². The van der Waals surface area contributed by atoms with Crippen molar-refractivity contribution in [3.63, 3.8) is 0 Å². The zero-order valence-electron chi connectivity index (χ0n) is 13.6. The summed E-state index contributed by atoms with van der Waals surface area (Å²) in [7, 11) is 8.99. The summed E-state index contributed by atoms with van der Waals surface area (Å²) in [5, 5.41) is 17.7. The fourth-order valence-electron chi connectivity index (χ4n) is 2.48. The third kappa shape index (κ3) is 11.4. The molecule has 0 unspecified atom stereocenters. The summed E-state index contributed by atoms with van der Waals surface area (Å²) < 4.78 is 2.03. The Hall–Kier alpha value is -0.160. The zero-order chi connectivity index (χ0) is 14.8. The quantitative estimate of drug-likeness (QED) is 0.413. The lowest BCUT2D eigenvalue weighted by atomic mass is 10.2. The van der Waals surface area contributed by atoms with Crippen molar-refractivity contribution < 1.29 is 19.2 Å². The highest BCUT2D eigenvalue weighted by Gasteiger charge is 2.16. The highest BCUT2D eigenvalue weighted by atomic mass is 16.3. The second-order valence-electron chi connectivity index (χ2n) is 6.98. The molecule has 0 fully saturated rings. The Bertz CT molecular complexity index is 196. The molecule has 0 aromatic heterocycles. The molecule has 2 N–H and O–H groups in total. The Labute approximate surface area is 119 Å². The molecule has 0 atom stereocenters. The SMILES string of the molecule is C[N+](C)(CCCO)CCCCC[N+](C)(C)CCCO. The van der Waals surface area contributed by atoms with Crippen molar-refractivity contribution in [3.05, 3.63) is 0 Å². The monoisotopic (exact) mass is 276 g/mol. The van der Waals surface area contributed by atoms with Gasteiger partial charge in [0.15, 0.2) is 0 Å². The molecular weight excluding hydrogens is 240 g/mol. The van der Waals surface area contributed by atoms with Gasteiger partial charge < -0.3 is 19.2 Å². The molecule has 0 aliphatic heterocycles. The van der Waals surface area contributed by atoms with Gasteiger partial charge in [0.1, 0.15) is 0 Å². The number of nitrogens with zero attached hydrogens (tertiary/aromatic N) is 2. The van der Waals surface area contributed by atoms with Crippen LogP contribution in [-0.2, 0) is 0 Å². The molecular formula is C15H36N2O2+2. The highest BCUT2D eigenvalue weighted by Crippen LogP contribution is 2.08. The van der Waals surface area contributed by atoms with Gasteiger partial charge in [-0.15, -0.1) is 0 Å². The van der Waals surface area contributed by atoms with E-state index in [-0.39, 0.29) is 0 Å². The summed E-state index contributed by atoms with van der Waals surface area (Å²) in [5.41, 5.74) is 0. The van der Waals surface area contributed by atoms with Gasteiger partial charge in [0.2, 0.25) is 0 Å². The fraction of sp³-hybridized carbons (Fsp3) is 1.00. The molecule has 19 heavy (non-hydrogen) atoms. The van der Waals surface area contributed by atoms with Gasteiger partial charge in [-0.1, -0.05) is 0 Å². The van der Waals surface area contributed by atoms with E-state index in [1.54, 1.807) is 0 Å². The molecule has 0 aromatic rings. The first-order valence-corrected chi connectivity index (χ1v) is 7.69. The van der Waals surface area contributed by atoms with Gasteiger partial charge in [-0.25, -0.2) is 0 Å². The third-order valence-corrected chi connectivity index (χ3v) is 3.87. The maximum atomic E-state index is 8.87. The summed E-state index contributed by atoms with van der Waals surface area (Å²) in [6.45, 7) is 5.13. The Morgan fingerprint density at radius 3 is 1.16 bits per heavy atom. The second-order valence-corrected chi connectivity index (χ2v) is 6.98. The fourth-order valence-corrected chi connectivity index (χ4v) is 2.48. The van der Waals surface area contributed by atoms with Crippen LogP contribution < -0.4 is 0 Å². The van der Waals surface area contributed by atoms with Crippen molar-refractivity contribution in [2.24, 2.45) is 0 Å². The number of hydrogen-bond donors (Lipinski definition) is 2. The molecule has 0 amide bonds. The highest BCUT2D eigenvalue weighted by molar-refractivity contribution is 4.44. The minimum absolute atomic E-state index is 0.304. The van der Waals surface area contributed by atoms with E-state index in [0.29, 0.717) is 13.2 Å². The summed E-state index contributed by atoms with van der Waals surface area (Å²) in [6, 6.07) is 0. The molecule has 0 heterocycles. The molecule has 0 aliphatic carbocycles. The number of hydrogen-bond acceptors (Lipinski definition) is 2. The molecule has 0 saturated carbocycles. The Kier molecular flexibility index (Phi) is 9.62. The Balaban J connectivity index is 3.63. The van der Waals surface area contributed by atoms with Gasteiger partial charge in [-0.3, -0.25) is 0 Å². The van der Waals surface area contributed by atoms with Crippen LogP contribution in [0.15, 0.2) is 0 Å². The topological polar surface area (TPSA) is 40.5 Å². The van der Waals surface area contributed by atoms with E-state index < -0.39 is 0 Å². The maximum Gasteiger partial charge on any atom is 0.0804 e. The molecule has 0 bridgehead atoms. The molecule has 0 radical (unpaired) electrons. The minimum Gasteiger partial charge on any atom is -0.396 e. The molecule has 4 heteroatoms. The van der Waals surface area contributed by atoms with Gasteiger partial charge in [0, 0.05) is 26.1 Å². The van der Waals surface area contributed by atoms with Crippen molar-refractivity contribution in [2.75, 3.05) is 67.6 Å². The standard InChI is InChI=1S/C15H36N2O2/c1-16(2,12-8-14-18)10-6-5-7-11-17(3,4)13-9-15-19/h18-19H,5-15H2,1-4H3/q+2. The van der Waals surface area contributed by atoms with Crippen LogP contribution in [0.1, 0.15) is 32.1 Å². The number of aliphatic hydroxyl groups is 2. The molecule has 116 valence electrons. The first-order chi connectivity index (χ1) is 8.83. The number of unbranched alkanes of at least 4 members (excludes halogenated alkanes) is 2. The first-order valence-electron chi connectivity index (χ1n) is 7.69. The van der Waals surface area contributed by atoms with Crippen LogP contribution in [0.4, 0.5) is 0 Å². The van der Waals surface area contributed by atoms with Crippen LogP contribution in [0.5, 0.6) is 0 Å². The van der Waals surface area contributed by atoms with Crippen molar-refractivity contribution in [3.8, 4) is 0 Å². The second kappa shape index (κ2) is 9.70. The van der Waals surface area contributed by atoms with E-state index in [0.717, 1.165) is 34.9 Å². The van der Waals surface area contributed by atoms with Crippen molar-refractivity contribution >= 4 is 0 Å². The van der Waals surface area contributed by atoms with E-state index in [1.807, 2.05) is 0 Å². The van der Waals surface area contributed by atoms with Gasteiger partial charge in [-0.2, -0.15) is 0 Å². The van der Waals surface area contributed by atoms with E-state index in [4.69, 9.17) is 10.2 Å². The number of rotatable bonds is 12. The van der Waals surface area contributed by atoms with Gasteiger partial charge in [-0.05, 0) is 19.3 Å². The largest absolute Gasteiger partial charge is 0.396 e. The summed E-state index contributed by atoms with van der Waals surface area (Å²) >= 11 is 0. The van der Waals surface area contributed by atoms with Crippen molar-refractivity contribution in [1.29, 1.82) is 0 Å². The van der Waals surface area contributed by atoms with Gasteiger partial charge in [0.25, 0.3) is 0 Å². The molecule has 0 aromatic carbocycles. The van der Waals surface area contributed by atoms with E-state index in [9.17, 15) is 0 Å². The Morgan fingerprint density at radius 1 is 0.526 bits per heavy atom. The van der Waals surface area contributed by atoms with Crippen LogP contribution in [0.3, 0.4) is 0 Å². The lowest BCUT2D eigenvalue weighted by Gasteiger charge is -2.31. The summed E-state index contributed by atoms with van der Waals surface area (Å²) in [4.78, 5) is 0. The van der Waals surface area contributed by atoms with Gasteiger partial charge in [0.05, 0.1) is 54.4 Å². The number of quaternary nitrogens is 2. The first kappa shape index (κ1) is 18.8. The van der Waals surface area contributed by atoms with Crippen molar-refractivity contribution in [1.82, 2.24) is 0 Å². The van der Waals surface area contributed by atoms with Crippen LogP contribution in [-0.4, -0.2) is 86.8 Å². The van der Waals surface area contributed by atoms with Gasteiger partial charge >= 0.3 is 0 Å². The molecule has 0 aliphatic rings. The average Bonchev–Trinajstić information content (AvgIpc) is 2.33. The Morgan fingerprint density at radius 2 is 0.842 bits per heavy atom.